The summed E-state index contributed by atoms with van der Waals surface area (Å²) in [6.07, 6.45) is 1.51. The first-order chi connectivity index (χ1) is 14.4. The summed E-state index contributed by atoms with van der Waals surface area (Å²) >= 11 is 6.12. The highest BCUT2D eigenvalue weighted by atomic mass is 35.5. The fourth-order valence-corrected chi connectivity index (χ4v) is 3.75. The Morgan fingerprint density at radius 1 is 1.23 bits per heavy atom. The second-order valence-corrected chi connectivity index (χ2v) is 7.42. The minimum Gasteiger partial charge on any atom is -0.478 e. The number of rotatable bonds is 6. The van der Waals surface area contributed by atoms with Crippen molar-refractivity contribution in [2.75, 3.05) is 29.9 Å². The van der Waals surface area contributed by atoms with Gasteiger partial charge in [0.05, 0.1) is 40.0 Å². The average molecular weight is 431 g/mol. The second kappa shape index (κ2) is 9.63. The zero-order chi connectivity index (χ0) is 21.7. The maximum atomic E-state index is 12.8. The van der Waals surface area contributed by atoms with Gasteiger partial charge in [-0.15, -0.1) is 0 Å². The lowest BCUT2D eigenvalue weighted by Crippen LogP contribution is -2.39. The van der Waals surface area contributed by atoms with Crippen LogP contribution in [-0.2, 0) is 9.53 Å². The number of piperidine rings is 1. The first-order valence-corrected chi connectivity index (χ1v) is 10.1. The molecule has 2 N–H and O–H groups in total. The molecular weight excluding hydrogens is 408 g/mol. The van der Waals surface area contributed by atoms with Crippen molar-refractivity contribution < 1.29 is 24.2 Å². The first kappa shape index (κ1) is 21.6. The van der Waals surface area contributed by atoms with Crippen LogP contribution in [0.25, 0.3) is 0 Å². The fraction of sp³-hybridized carbons (Fsp3) is 0.318. The quantitative estimate of drug-likeness (QED) is 0.670. The van der Waals surface area contributed by atoms with E-state index in [1.807, 2.05) is 4.90 Å². The van der Waals surface area contributed by atoms with Gasteiger partial charge in [-0.2, -0.15) is 0 Å². The average Bonchev–Trinajstić information content (AvgIpc) is 2.74. The minimum atomic E-state index is -1.10. The number of amides is 1. The Labute approximate surface area is 179 Å². The Balaban J connectivity index is 1.91. The number of carbonyl (C=O) groups is 3. The van der Waals surface area contributed by atoms with Crippen LogP contribution in [0.1, 0.15) is 40.5 Å². The van der Waals surface area contributed by atoms with E-state index in [2.05, 4.69) is 5.32 Å². The number of carboxylic acid groups (broad SMARTS) is 1. The Hall–Kier alpha value is -3.06. The van der Waals surface area contributed by atoms with Crippen molar-refractivity contribution in [3.63, 3.8) is 0 Å². The lowest BCUT2D eigenvalue weighted by atomic mass is 9.97. The van der Waals surface area contributed by atoms with E-state index < -0.39 is 11.9 Å². The van der Waals surface area contributed by atoms with E-state index in [0.717, 1.165) is 12.8 Å². The number of carboxylic acids is 1. The number of aromatic carboxylic acids is 1. The molecule has 1 atom stereocenters. The van der Waals surface area contributed by atoms with Crippen LogP contribution in [0.5, 0.6) is 0 Å². The Morgan fingerprint density at radius 2 is 2.00 bits per heavy atom. The summed E-state index contributed by atoms with van der Waals surface area (Å²) in [4.78, 5) is 38.4. The number of nitrogens with zero attached hydrogens (tertiary/aromatic N) is 1. The molecule has 7 nitrogen and oxygen atoms in total. The number of hydrogen-bond donors (Lipinski definition) is 2. The molecule has 158 valence electrons. The number of esters is 1. The molecule has 1 amide bonds. The third kappa shape index (κ3) is 4.91. The van der Waals surface area contributed by atoms with Gasteiger partial charge in [0.2, 0.25) is 0 Å². The lowest BCUT2D eigenvalue weighted by Gasteiger charge is -2.34. The molecule has 2 aromatic rings. The summed E-state index contributed by atoms with van der Waals surface area (Å²) in [6.45, 7) is 3.20. The van der Waals surface area contributed by atoms with Crippen molar-refractivity contribution >= 4 is 40.8 Å². The molecule has 0 saturated carbocycles. The van der Waals surface area contributed by atoms with Crippen LogP contribution in [0.4, 0.5) is 11.4 Å². The van der Waals surface area contributed by atoms with Gasteiger partial charge in [0, 0.05) is 13.1 Å². The molecular formula is C22H23ClN2O5. The van der Waals surface area contributed by atoms with Crippen LogP contribution < -0.4 is 10.2 Å². The maximum absolute atomic E-state index is 12.8. The highest BCUT2D eigenvalue weighted by molar-refractivity contribution is 6.34. The Kier molecular flexibility index (Phi) is 6.95. The van der Waals surface area contributed by atoms with Crippen LogP contribution in [0.2, 0.25) is 5.02 Å². The normalized spacial score (nSPS) is 16.1. The van der Waals surface area contributed by atoms with Gasteiger partial charge in [-0.05, 0) is 50.1 Å². The summed E-state index contributed by atoms with van der Waals surface area (Å²) in [5.41, 5.74) is 1.33. The molecule has 3 rings (SSSR count). The number of carbonyl (C=O) groups excluding carboxylic acids is 2. The molecule has 1 saturated heterocycles. The van der Waals surface area contributed by atoms with Gasteiger partial charge in [-0.3, -0.25) is 9.59 Å². The van der Waals surface area contributed by atoms with E-state index >= 15 is 0 Å². The van der Waals surface area contributed by atoms with Crippen LogP contribution in [0.3, 0.4) is 0 Å². The third-order valence-corrected chi connectivity index (χ3v) is 5.32. The number of halogens is 1. The highest BCUT2D eigenvalue weighted by Gasteiger charge is 2.28. The molecule has 1 fully saturated rings. The molecule has 1 heterocycles. The summed E-state index contributed by atoms with van der Waals surface area (Å²) in [7, 11) is 0. The molecule has 30 heavy (non-hydrogen) atoms. The second-order valence-electron chi connectivity index (χ2n) is 7.01. The summed E-state index contributed by atoms with van der Waals surface area (Å²) < 4.78 is 5.15. The van der Waals surface area contributed by atoms with Gasteiger partial charge in [0.1, 0.15) is 0 Å². The molecule has 0 unspecified atom stereocenters. The maximum Gasteiger partial charge on any atom is 0.335 e. The molecule has 8 heteroatoms. The molecule has 2 aromatic carbocycles. The zero-order valence-corrected chi connectivity index (χ0v) is 17.3. The zero-order valence-electron chi connectivity index (χ0n) is 16.6. The third-order valence-electron chi connectivity index (χ3n) is 4.99. The molecule has 1 aliphatic heterocycles. The smallest absolute Gasteiger partial charge is 0.335 e. The molecule has 0 spiro atoms. The van der Waals surface area contributed by atoms with E-state index in [1.54, 1.807) is 37.3 Å². The minimum absolute atomic E-state index is 0.0483. The fourth-order valence-electron chi connectivity index (χ4n) is 3.53. The van der Waals surface area contributed by atoms with E-state index in [1.165, 1.54) is 12.1 Å². The van der Waals surface area contributed by atoms with Crippen LogP contribution in [0, 0.1) is 5.92 Å². The van der Waals surface area contributed by atoms with E-state index in [9.17, 15) is 19.5 Å². The molecule has 0 radical (unpaired) electrons. The number of benzene rings is 2. The van der Waals surface area contributed by atoms with Gasteiger partial charge in [0.15, 0.2) is 0 Å². The number of hydrogen-bond acceptors (Lipinski definition) is 5. The van der Waals surface area contributed by atoms with Crippen molar-refractivity contribution in [1.29, 1.82) is 0 Å². The largest absolute Gasteiger partial charge is 0.478 e. The van der Waals surface area contributed by atoms with E-state index in [-0.39, 0.29) is 23.0 Å². The van der Waals surface area contributed by atoms with Crippen LogP contribution >= 0.6 is 11.6 Å². The van der Waals surface area contributed by atoms with E-state index in [4.69, 9.17) is 16.3 Å². The SMILES string of the molecule is CCOC(=O)[C@H]1CCCN(c2ccc(C(=O)O)cc2NC(=O)c2ccccc2Cl)C1. The Morgan fingerprint density at radius 3 is 2.70 bits per heavy atom. The van der Waals surface area contributed by atoms with Crippen molar-refractivity contribution in [3.8, 4) is 0 Å². The molecule has 0 aromatic heterocycles. The number of anilines is 2. The Bertz CT molecular complexity index is 962. The number of nitrogens with one attached hydrogen (secondary N) is 1. The van der Waals surface area contributed by atoms with Crippen LogP contribution in [0.15, 0.2) is 42.5 Å². The summed E-state index contributed by atoms with van der Waals surface area (Å²) in [6, 6.07) is 11.2. The van der Waals surface area contributed by atoms with Gasteiger partial charge in [-0.1, -0.05) is 23.7 Å². The van der Waals surface area contributed by atoms with Gasteiger partial charge >= 0.3 is 11.9 Å². The molecule has 0 bridgehead atoms. The highest BCUT2D eigenvalue weighted by Crippen LogP contribution is 2.32. The predicted octanol–water partition coefficient (Wildman–Crippen LogP) is 4.07. The van der Waals surface area contributed by atoms with Crippen molar-refractivity contribution in [1.82, 2.24) is 0 Å². The van der Waals surface area contributed by atoms with Gasteiger partial charge < -0.3 is 20.1 Å². The molecule has 0 aliphatic carbocycles. The van der Waals surface area contributed by atoms with Crippen LogP contribution in [-0.4, -0.2) is 42.6 Å². The van der Waals surface area contributed by atoms with Crippen molar-refractivity contribution in [2.24, 2.45) is 5.92 Å². The first-order valence-electron chi connectivity index (χ1n) is 9.75. The van der Waals surface area contributed by atoms with Gasteiger partial charge in [0.25, 0.3) is 5.91 Å². The van der Waals surface area contributed by atoms with Crippen molar-refractivity contribution in [2.45, 2.75) is 19.8 Å². The van der Waals surface area contributed by atoms with E-state index in [0.29, 0.717) is 36.1 Å². The lowest BCUT2D eigenvalue weighted by molar-refractivity contribution is -0.148. The molecule has 1 aliphatic rings. The van der Waals surface area contributed by atoms with Crippen molar-refractivity contribution in [3.05, 3.63) is 58.6 Å². The topological polar surface area (TPSA) is 95.9 Å². The summed E-state index contributed by atoms with van der Waals surface area (Å²) in [5.74, 6) is -2.06. The number of ether oxygens (including phenoxy) is 1. The van der Waals surface area contributed by atoms with Gasteiger partial charge in [-0.25, -0.2) is 4.79 Å². The standard InChI is InChI=1S/C22H23ClN2O5/c1-2-30-22(29)15-6-5-11-25(13-15)19-10-9-14(21(27)28)12-18(19)24-20(26)16-7-3-4-8-17(16)23/h3-4,7-10,12,15H,2,5-6,11,13H2,1H3,(H,24,26)(H,27,28)/t15-/m0/s1. The monoisotopic (exact) mass is 430 g/mol. The summed E-state index contributed by atoms with van der Waals surface area (Å²) in [5, 5.41) is 12.5. The predicted molar refractivity (Wildman–Crippen MR) is 114 cm³/mol.